The Morgan fingerprint density at radius 2 is 2.25 bits per heavy atom. The van der Waals surface area contributed by atoms with Gasteiger partial charge in [-0.15, -0.1) is 0 Å². The molecule has 2 aromatic heterocycles. The average Bonchev–Trinajstić information content (AvgIpc) is 3.32. The maximum atomic E-state index is 12.9. The number of aromatic nitrogens is 3. The standard InChI is InChI=1S/C17H20N4O3/c1-10-18-15(24-20-10)12-6-7-21(9-12)17(22)13-8-11-4-3-5-14(11)19-16(13)23-2/h8,12H,3-7,9H2,1-2H3. The molecule has 4 rings (SSSR count). The van der Waals surface area contributed by atoms with Crippen LogP contribution in [0.25, 0.3) is 0 Å². The molecule has 24 heavy (non-hydrogen) atoms. The largest absolute Gasteiger partial charge is 0.480 e. The first-order chi connectivity index (χ1) is 11.7. The monoisotopic (exact) mass is 328 g/mol. The smallest absolute Gasteiger partial charge is 0.259 e. The van der Waals surface area contributed by atoms with Gasteiger partial charge in [0.2, 0.25) is 11.8 Å². The van der Waals surface area contributed by atoms with E-state index in [1.54, 1.807) is 14.0 Å². The van der Waals surface area contributed by atoms with Crippen molar-refractivity contribution in [2.45, 2.75) is 38.5 Å². The van der Waals surface area contributed by atoms with E-state index in [9.17, 15) is 4.79 Å². The van der Waals surface area contributed by atoms with Crippen LogP contribution in [0.15, 0.2) is 10.6 Å². The summed E-state index contributed by atoms with van der Waals surface area (Å²) in [7, 11) is 1.56. The molecule has 1 saturated heterocycles. The van der Waals surface area contributed by atoms with Crippen molar-refractivity contribution in [3.63, 3.8) is 0 Å². The topological polar surface area (TPSA) is 81.4 Å². The van der Waals surface area contributed by atoms with E-state index in [4.69, 9.17) is 9.26 Å². The van der Waals surface area contributed by atoms with Gasteiger partial charge in [-0.3, -0.25) is 4.79 Å². The average molecular weight is 328 g/mol. The molecule has 1 unspecified atom stereocenters. The van der Waals surface area contributed by atoms with Gasteiger partial charge in [0, 0.05) is 18.8 Å². The summed E-state index contributed by atoms with van der Waals surface area (Å²) in [6.45, 7) is 3.05. The number of carbonyl (C=O) groups is 1. The number of aryl methyl sites for hydroxylation is 3. The molecule has 3 heterocycles. The van der Waals surface area contributed by atoms with Crippen molar-refractivity contribution in [2.24, 2.45) is 0 Å². The van der Waals surface area contributed by atoms with Crippen molar-refractivity contribution < 1.29 is 14.1 Å². The highest BCUT2D eigenvalue weighted by Crippen LogP contribution is 2.31. The van der Waals surface area contributed by atoms with Gasteiger partial charge in [-0.2, -0.15) is 4.98 Å². The Kier molecular flexibility index (Phi) is 3.70. The summed E-state index contributed by atoms with van der Waals surface area (Å²) in [4.78, 5) is 23.6. The minimum atomic E-state index is -0.0345. The first-order valence-electron chi connectivity index (χ1n) is 8.32. The number of carbonyl (C=O) groups excluding carboxylic acids is 1. The molecule has 0 saturated carbocycles. The minimum absolute atomic E-state index is 0.0345. The zero-order chi connectivity index (χ0) is 16.7. The lowest BCUT2D eigenvalue weighted by molar-refractivity contribution is 0.0785. The van der Waals surface area contributed by atoms with Crippen LogP contribution in [-0.4, -0.2) is 46.1 Å². The Hall–Kier alpha value is -2.44. The molecule has 1 aliphatic carbocycles. The molecule has 126 valence electrons. The van der Waals surface area contributed by atoms with E-state index in [1.807, 2.05) is 11.0 Å². The number of amides is 1. The fourth-order valence-electron chi connectivity index (χ4n) is 3.56. The second-order valence-corrected chi connectivity index (χ2v) is 6.42. The van der Waals surface area contributed by atoms with Crippen LogP contribution in [-0.2, 0) is 12.8 Å². The maximum absolute atomic E-state index is 12.9. The summed E-state index contributed by atoms with van der Waals surface area (Å²) >= 11 is 0. The van der Waals surface area contributed by atoms with Gasteiger partial charge in [-0.25, -0.2) is 4.98 Å². The van der Waals surface area contributed by atoms with E-state index in [0.29, 0.717) is 36.2 Å². The van der Waals surface area contributed by atoms with E-state index in [2.05, 4.69) is 15.1 Å². The molecule has 1 fully saturated rings. The number of likely N-dealkylation sites (tertiary alicyclic amines) is 1. The summed E-state index contributed by atoms with van der Waals surface area (Å²) in [5.41, 5.74) is 2.78. The van der Waals surface area contributed by atoms with Crippen LogP contribution in [0.4, 0.5) is 0 Å². The van der Waals surface area contributed by atoms with Crippen molar-refractivity contribution in [1.82, 2.24) is 20.0 Å². The Bertz CT molecular complexity index is 786. The molecule has 0 N–H and O–H groups in total. The van der Waals surface area contributed by atoms with Gasteiger partial charge in [0.05, 0.1) is 13.0 Å². The first kappa shape index (κ1) is 15.1. The van der Waals surface area contributed by atoms with E-state index in [-0.39, 0.29) is 11.8 Å². The lowest BCUT2D eigenvalue weighted by atomic mass is 10.1. The SMILES string of the molecule is COc1nc2c(cc1C(=O)N1CCC(c3nc(C)no3)C1)CCC2. The lowest BCUT2D eigenvalue weighted by Gasteiger charge is -2.18. The van der Waals surface area contributed by atoms with Crippen molar-refractivity contribution >= 4 is 5.91 Å². The van der Waals surface area contributed by atoms with Gasteiger partial charge >= 0.3 is 0 Å². The van der Waals surface area contributed by atoms with Crippen molar-refractivity contribution in [2.75, 3.05) is 20.2 Å². The van der Waals surface area contributed by atoms with Gasteiger partial charge in [0.25, 0.3) is 5.91 Å². The Balaban J connectivity index is 1.56. The van der Waals surface area contributed by atoms with Gasteiger partial charge in [-0.05, 0) is 44.2 Å². The fourth-order valence-corrected chi connectivity index (χ4v) is 3.56. The van der Waals surface area contributed by atoms with Crippen LogP contribution >= 0.6 is 0 Å². The highest BCUT2D eigenvalue weighted by Gasteiger charge is 2.33. The number of hydrogen-bond donors (Lipinski definition) is 0. The van der Waals surface area contributed by atoms with Crippen molar-refractivity contribution in [3.8, 4) is 5.88 Å². The van der Waals surface area contributed by atoms with Gasteiger partial charge in [0.15, 0.2) is 5.82 Å². The number of ether oxygens (including phenoxy) is 1. The highest BCUT2D eigenvalue weighted by molar-refractivity contribution is 5.97. The molecular formula is C17H20N4O3. The molecule has 2 aliphatic rings. The predicted octanol–water partition coefficient (Wildman–Crippen LogP) is 1.90. The predicted molar refractivity (Wildman–Crippen MR) is 85.1 cm³/mol. The third kappa shape index (κ3) is 2.53. The Labute approximate surface area is 140 Å². The summed E-state index contributed by atoms with van der Waals surface area (Å²) in [5.74, 6) is 1.73. The third-order valence-corrected chi connectivity index (χ3v) is 4.81. The number of hydrogen-bond acceptors (Lipinski definition) is 6. The zero-order valence-corrected chi connectivity index (χ0v) is 13.9. The molecular weight excluding hydrogens is 308 g/mol. The van der Waals surface area contributed by atoms with Crippen LogP contribution in [0.2, 0.25) is 0 Å². The normalized spacial score (nSPS) is 19.6. The number of methoxy groups -OCH3 is 1. The van der Waals surface area contributed by atoms with E-state index in [1.165, 1.54) is 5.56 Å². The van der Waals surface area contributed by atoms with Crippen molar-refractivity contribution in [1.29, 1.82) is 0 Å². The lowest BCUT2D eigenvalue weighted by Crippen LogP contribution is -2.29. The van der Waals surface area contributed by atoms with E-state index in [0.717, 1.165) is 31.4 Å². The summed E-state index contributed by atoms with van der Waals surface area (Å²) in [6.07, 6.45) is 3.86. The molecule has 0 aromatic carbocycles. The molecule has 0 radical (unpaired) electrons. The number of nitrogens with zero attached hydrogens (tertiary/aromatic N) is 4. The van der Waals surface area contributed by atoms with Gasteiger partial charge in [-0.1, -0.05) is 5.16 Å². The summed E-state index contributed by atoms with van der Waals surface area (Å²) in [6, 6.07) is 1.96. The van der Waals surface area contributed by atoms with Gasteiger partial charge in [0.1, 0.15) is 5.56 Å². The number of rotatable bonds is 3. The second kappa shape index (κ2) is 5.89. The quantitative estimate of drug-likeness (QED) is 0.856. The van der Waals surface area contributed by atoms with E-state index < -0.39 is 0 Å². The molecule has 1 amide bonds. The minimum Gasteiger partial charge on any atom is -0.480 e. The van der Waals surface area contributed by atoms with Gasteiger partial charge < -0.3 is 14.2 Å². The molecule has 0 spiro atoms. The number of fused-ring (bicyclic) bond motifs is 1. The fraction of sp³-hybridized carbons (Fsp3) is 0.529. The van der Waals surface area contributed by atoms with Crippen LogP contribution < -0.4 is 4.74 Å². The molecule has 7 nitrogen and oxygen atoms in total. The van der Waals surface area contributed by atoms with Crippen molar-refractivity contribution in [3.05, 3.63) is 34.6 Å². The third-order valence-electron chi connectivity index (χ3n) is 4.81. The van der Waals surface area contributed by atoms with Crippen LogP contribution in [0.5, 0.6) is 5.88 Å². The summed E-state index contributed by atoms with van der Waals surface area (Å²) in [5, 5.41) is 3.84. The number of pyridine rings is 1. The molecule has 7 heteroatoms. The van der Waals surface area contributed by atoms with E-state index >= 15 is 0 Å². The summed E-state index contributed by atoms with van der Waals surface area (Å²) < 4.78 is 10.6. The Morgan fingerprint density at radius 1 is 1.38 bits per heavy atom. The molecule has 0 bridgehead atoms. The van der Waals surface area contributed by atoms with Crippen LogP contribution in [0.1, 0.15) is 52.1 Å². The molecule has 1 aliphatic heterocycles. The first-order valence-corrected chi connectivity index (χ1v) is 8.32. The molecule has 1 atom stereocenters. The Morgan fingerprint density at radius 3 is 3.00 bits per heavy atom. The highest BCUT2D eigenvalue weighted by atomic mass is 16.5. The van der Waals surface area contributed by atoms with Crippen LogP contribution in [0.3, 0.4) is 0 Å². The second-order valence-electron chi connectivity index (χ2n) is 6.42. The molecule has 2 aromatic rings. The maximum Gasteiger partial charge on any atom is 0.259 e. The van der Waals surface area contributed by atoms with Crippen LogP contribution in [0, 0.1) is 6.92 Å². The zero-order valence-electron chi connectivity index (χ0n) is 13.9.